The third kappa shape index (κ3) is 3.78. The van der Waals surface area contributed by atoms with Gasteiger partial charge in [-0.05, 0) is 26.8 Å². The van der Waals surface area contributed by atoms with Crippen LogP contribution in [0.4, 0.5) is 17.3 Å². The molecule has 0 saturated heterocycles. The number of nitro groups is 1. The minimum Gasteiger partial charge on any atom is -0.395 e. The van der Waals surface area contributed by atoms with Crippen molar-refractivity contribution in [2.45, 2.75) is 26.8 Å². The zero-order valence-electron chi connectivity index (χ0n) is 11.5. The predicted molar refractivity (Wildman–Crippen MR) is 74.6 cm³/mol. The van der Waals surface area contributed by atoms with E-state index < -0.39 is 4.92 Å². The Morgan fingerprint density at radius 2 is 2.21 bits per heavy atom. The molecule has 0 spiro atoms. The normalized spacial score (nSPS) is 10.6. The van der Waals surface area contributed by atoms with Gasteiger partial charge in [0.25, 0.3) is 0 Å². The van der Waals surface area contributed by atoms with Gasteiger partial charge in [-0.1, -0.05) is 0 Å². The maximum Gasteiger partial charge on any atom is 0.311 e. The van der Waals surface area contributed by atoms with Crippen LogP contribution in [0.15, 0.2) is 12.1 Å². The molecule has 0 aliphatic heterocycles. The van der Waals surface area contributed by atoms with Crippen LogP contribution >= 0.6 is 0 Å². The van der Waals surface area contributed by atoms with Gasteiger partial charge in [-0.3, -0.25) is 10.1 Å². The summed E-state index contributed by atoms with van der Waals surface area (Å²) in [5.74, 6) is 0.874. The molecular weight excluding hydrogens is 248 g/mol. The van der Waals surface area contributed by atoms with Crippen molar-refractivity contribution in [3.05, 3.63) is 22.2 Å². The van der Waals surface area contributed by atoms with Crippen LogP contribution in [-0.4, -0.2) is 40.8 Å². The van der Waals surface area contributed by atoms with Crippen LogP contribution in [0, 0.1) is 10.1 Å². The number of aliphatic hydroxyl groups is 1. The highest BCUT2D eigenvalue weighted by Crippen LogP contribution is 2.28. The van der Waals surface area contributed by atoms with E-state index in [-0.39, 0.29) is 24.2 Å². The Bertz CT molecular complexity index is 437. The largest absolute Gasteiger partial charge is 0.395 e. The SMILES string of the molecule is CCNc1ccc([N+](=O)[O-])c(N(CCO)C(C)C)n1. The van der Waals surface area contributed by atoms with E-state index in [4.69, 9.17) is 5.11 Å². The molecule has 7 heteroatoms. The molecule has 0 aromatic carbocycles. The second kappa shape index (κ2) is 6.89. The van der Waals surface area contributed by atoms with Crippen LogP contribution < -0.4 is 10.2 Å². The number of hydrogen-bond donors (Lipinski definition) is 2. The standard InChI is InChI=1S/C12H20N4O3/c1-4-13-11-6-5-10(16(18)19)12(14-11)15(7-8-17)9(2)3/h5-6,9,17H,4,7-8H2,1-3H3,(H,13,14). The summed E-state index contributed by atoms with van der Waals surface area (Å²) >= 11 is 0. The summed E-state index contributed by atoms with van der Waals surface area (Å²) < 4.78 is 0. The molecule has 1 aromatic rings. The van der Waals surface area contributed by atoms with E-state index in [0.717, 1.165) is 0 Å². The van der Waals surface area contributed by atoms with Crippen molar-refractivity contribution in [1.29, 1.82) is 0 Å². The first-order chi connectivity index (χ1) is 9.01. The van der Waals surface area contributed by atoms with Crippen LogP contribution in [0.3, 0.4) is 0 Å². The quantitative estimate of drug-likeness (QED) is 0.577. The maximum absolute atomic E-state index is 11.1. The first-order valence-corrected chi connectivity index (χ1v) is 6.28. The van der Waals surface area contributed by atoms with Crippen molar-refractivity contribution in [3.63, 3.8) is 0 Å². The van der Waals surface area contributed by atoms with Crippen LogP contribution in [0.1, 0.15) is 20.8 Å². The lowest BCUT2D eigenvalue weighted by Gasteiger charge is -2.26. The molecule has 0 radical (unpaired) electrons. The van der Waals surface area contributed by atoms with Gasteiger partial charge < -0.3 is 15.3 Å². The summed E-state index contributed by atoms with van der Waals surface area (Å²) in [5, 5.41) is 23.2. The third-order valence-electron chi connectivity index (χ3n) is 2.65. The summed E-state index contributed by atoms with van der Waals surface area (Å²) in [6, 6.07) is 3.03. The zero-order valence-corrected chi connectivity index (χ0v) is 11.5. The Morgan fingerprint density at radius 1 is 1.53 bits per heavy atom. The first-order valence-electron chi connectivity index (χ1n) is 6.28. The highest BCUT2D eigenvalue weighted by atomic mass is 16.6. The van der Waals surface area contributed by atoms with E-state index in [1.54, 1.807) is 11.0 Å². The monoisotopic (exact) mass is 268 g/mol. The van der Waals surface area contributed by atoms with Crippen LogP contribution in [0.25, 0.3) is 0 Å². The van der Waals surface area contributed by atoms with Crippen molar-refractivity contribution in [2.24, 2.45) is 0 Å². The lowest BCUT2D eigenvalue weighted by atomic mass is 10.2. The average molecular weight is 268 g/mol. The van der Waals surface area contributed by atoms with Gasteiger partial charge in [0, 0.05) is 25.2 Å². The Balaban J connectivity index is 3.24. The fraction of sp³-hybridized carbons (Fsp3) is 0.583. The van der Waals surface area contributed by atoms with Gasteiger partial charge in [-0.25, -0.2) is 4.98 Å². The van der Waals surface area contributed by atoms with E-state index in [1.165, 1.54) is 6.07 Å². The minimum atomic E-state index is -0.454. The molecule has 7 nitrogen and oxygen atoms in total. The number of nitrogens with one attached hydrogen (secondary N) is 1. The van der Waals surface area contributed by atoms with Gasteiger partial charge in [-0.2, -0.15) is 0 Å². The molecule has 1 heterocycles. The molecule has 0 aliphatic carbocycles. The van der Waals surface area contributed by atoms with Gasteiger partial charge >= 0.3 is 5.69 Å². The highest BCUT2D eigenvalue weighted by molar-refractivity contribution is 5.62. The summed E-state index contributed by atoms with van der Waals surface area (Å²) in [7, 11) is 0. The number of nitrogens with zero attached hydrogens (tertiary/aromatic N) is 3. The Morgan fingerprint density at radius 3 is 2.68 bits per heavy atom. The van der Waals surface area contributed by atoms with E-state index in [2.05, 4.69) is 10.3 Å². The Hall–Kier alpha value is -1.89. The summed E-state index contributed by atoms with van der Waals surface area (Å²) in [6.07, 6.45) is 0. The summed E-state index contributed by atoms with van der Waals surface area (Å²) in [5.41, 5.74) is -0.0520. The molecule has 19 heavy (non-hydrogen) atoms. The number of aromatic nitrogens is 1. The molecule has 1 rings (SSSR count). The summed E-state index contributed by atoms with van der Waals surface area (Å²) in [6.45, 7) is 6.65. The highest BCUT2D eigenvalue weighted by Gasteiger charge is 2.23. The number of rotatable bonds is 7. The maximum atomic E-state index is 11.1. The minimum absolute atomic E-state index is 0.00947. The molecule has 0 atom stereocenters. The van der Waals surface area contributed by atoms with E-state index >= 15 is 0 Å². The van der Waals surface area contributed by atoms with E-state index in [0.29, 0.717) is 18.9 Å². The van der Waals surface area contributed by atoms with E-state index in [1.807, 2.05) is 20.8 Å². The van der Waals surface area contributed by atoms with Crippen molar-refractivity contribution in [3.8, 4) is 0 Å². The third-order valence-corrected chi connectivity index (χ3v) is 2.65. The first kappa shape index (κ1) is 15.2. The molecule has 0 aliphatic rings. The topological polar surface area (TPSA) is 91.5 Å². The van der Waals surface area contributed by atoms with Gasteiger partial charge in [-0.15, -0.1) is 0 Å². The molecule has 1 aromatic heterocycles. The Labute approximate surface area is 112 Å². The molecule has 0 unspecified atom stereocenters. The molecule has 2 N–H and O–H groups in total. The molecule has 0 saturated carbocycles. The predicted octanol–water partition coefficient (Wildman–Crippen LogP) is 1.63. The van der Waals surface area contributed by atoms with Crippen molar-refractivity contribution in [2.75, 3.05) is 29.9 Å². The number of aliphatic hydroxyl groups excluding tert-OH is 1. The van der Waals surface area contributed by atoms with Crippen molar-refractivity contribution >= 4 is 17.3 Å². The number of pyridine rings is 1. The molecular formula is C12H20N4O3. The van der Waals surface area contributed by atoms with Gasteiger partial charge in [0.1, 0.15) is 5.82 Å². The van der Waals surface area contributed by atoms with Gasteiger partial charge in [0.2, 0.25) is 5.82 Å². The second-order valence-electron chi connectivity index (χ2n) is 4.34. The van der Waals surface area contributed by atoms with E-state index in [9.17, 15) is 10.1 Å². The Kier molecular flexibility index (Phi) is 5.50. The van der Waals surface area contributed by atoms with Crippen LogP contribution in [0.2, 0.25) is 0 Å². The summed E-state index contributed by atoms with van der Waals surface area (Å²) in [4.78, 5) is 16.6. The fourth-order valence-electron chi connectivity index (χ4n) is 1.79. The van der Waals surface area contributed by atoms with Gasteiger partial charge in [0.05, 0.1) is 11.5 Å². The molecule has 0 bridgehead atoms. The molecule has 0 fully saturated rings. The van der Waals surface area contributed by atoms with Crippen LogP contribution in [0.5, 0.6) is 0 Å². The van der Waals surface area contributed by atoms with Gasteiger partial charge in [0.15, 0.2) is 0 Å². The zero-order chi connectivity index (χ0) is 14.4. The fourth-order valence-corrected chi connectivity index (χ4v) is 1.79. The number of anilines is 2. The van der Waals surface area contributed by atoms with Crippen molar-refractivity contribution < 1.29 is 10.0 Å². The molecule has 106 valence electrons. The van der Waals surface area contributed by atoms with Crippen LogP contribution in [-0.2, 0) is 0 Å². The smallest absolute Gasteiger partial charge is 0.311 e. The second-order valence-corrected chi connectivity index (χ2v) is 4.34. The molecule has 0 amide bonds. The van der Waals surface area contributed by atoms with Crippen molar-refractivity contribution in [1.82, 2.24) is 4.98 Å². The lowest BCUT2D eigenvalue weighted by molar-refractivity contribution is -0.384. The lowest BCUT2D eigenvalue weighted by Crippen LogP contribution is -2.34. The number of hydrogen-bond acceptors (Lipinski definition) is 6. The average Bonchev–Trinajstić information content (AvgIpc) is 2.35.